The number of alkyl halides is 3. The molecular weight excluding hydrogens is 249 g/mol. The number of aliphatic imine (C=N–C) groups is 1. The minimum Gasteiger partial charge on any atom is -0.354 e. The normalized spacial score (nSPS) is 16.8. The molecule has 0 spiro atoms. The second kappa shape index (κ2) is 4.83. The molecule has 18 heavy (non-hydrogen) atoms. The first-order valence-corrected chi connectivity index (χ1v) is 5.44. The summed E-state index contributed by atoms with van der Waals surface area (Å²) in [4.78, 5) is 7.29. The quantitative estimate of drug-likeness (QED) is 0.552. The number of hydrogen-bond acceptors (Lipinski definition) is 3. The standard InChI is InChI=1S/C9H13F3N6/c1-13-8(15-5-2-3-5)14-4-6-16-7(18-17-6)9(10,11)12/h5H,2-4H2,1H3,(H2,13,14,15)(H,16,17,18). The summed E-state index contributed by atoms with van der Waals surface area (Å²) < 4.78 is 36.7. The number of guanidine groups is 1. The maximum absolute atomic E-state index is 12.2. The van der Waals surface area contributed by atoms with Crippen LogP contribution in [0.1, 0.15) is 24.5 Å². The van der Waals surface area contributed by atoms with E-state index in [0.29, 0.717) is 12.0 Å². The van der Waals surface area contributed by atoms with Gasteiger partial charge in [-0.05, 0) is 12.8 Å². The van der Waals surface area contributed by atoms with Gasteiger partial charge in [0.1, 0.15) is 5.82 Å². The van der Waals surface area contributed by atoms with Crippen molar-refractivity contribution in [2.24, 2.45) is 4.99 Å². The first-order valence-electron chi connectivity index (χ1n) is 5.44. The fourth-order valence-electron chi connectivity index (χ4n) is 1.28. The Balaban J connectivity index is 1.87. The first-order chi connectivity index (χ1) is 8.49. The molecule has 1 aromatic rings. The zero-order valence-corrected chi connectivity index (χ0v) is 9.67. The van der Waals surface area contributed by atoms with Gasteiger partial charge in [-0.15, -0.1) is 5.10 Å². The van der Waals surface area contributed by atoms with E-state index in [1.165, 1.54) is 0 Å². The third-order valence-electron chi connectivity index (χ3n) is 2.35. The van der Waals surface area contributed by atoms with Crippen molar-refractivity contribution in [3.63, 3.8) is 0 Å². The molecule has 0 amide bonds. The fourth-order valence-corrected chi connectivity index (χ4v) is 1.28. The lowest BCUT2D eigenvalue weighted by molar-refractivity contribution is -0.144. The van der Waals surface area contributed by atoms with Crippen LogP contribution in [0.3, 0.4) is 0 Å². The number of H-pyrrole nitrogens is 1. The van der Waals surface area contributed by atoms with E-state index in [4.69, 9.17) is 0 Å². The van der Waals surface area contributed by atoms with Gasteiger partial charge in [0.05, 0.1) is 6.54 Å². The molecule has 9 heteroatoms. The van der Waals surface area contributed by atoms with Crippen LogP contribution in [-0.4, -0.2) is 34.2 Å². The summed E-state index contributed by atoms with van der Waals surface area (Å²) in [6.07, 6.45) is -2.36. The summed E-state index contributed by atoms with van der Waals surface area (Å²) in [6, 6.07) is 0.414. The first kappa shape index (κ1) is 12.7. The van der Waals surface area contributed by atoms with Crippen molar-refractivity contribution < 1.29 is 13.2 Å². The number of aromatic amines is 1. The zero-order valence-electron chi connectivity index (χ0n) is 9.67. The van der Waals surface area contributed by atoms with Crippen LogP contribution >= 0.6 is 0 Å². The number of aromatic nitrogens is 3. The Bertz CT molecular complexity index is 434. The Morgan fingerprint density at radius 1 is 1.50 bits per heavy atom. The van der Waals surface area contributed by atoms with E-state index >= 15 is 0 Å². The van der Waals surface area contributed by atoms with E-state index in [1.54, 1.807) is 7.05 Å². The summed E-state index contributed by atoms with van der Waals surface area (Å²) in [7, 11) is 1.60. The van der Waals surface area contributed by atoms with Crippen LogP contribution in [0.2, 0.25) is 0 Å². The smallest absolute Gasteiger partial charge is 0.354 e. The topological polar surface area (TPSA) is 78.0 Å². The lowest BCUT2D eigenvalue weighted by Gasteiger charge is -2.09. The molecule has 1 aliphatic rings. The van der Waals surface area contributed by atoms with Crippen LogP contribution in [0.4, 0.5) is 13.2 Å². The van der Waals surface area contributed by atoms with E-state index in [-0.39, 0.29) is 12.4 Å². The lowest BCUT2D eigenvalue weighted by atomic mass is 10.5. The molecule has 0 aromatic carbocycles. The fraction of sp³-hybridized carbons (Fsp3) is 0.667. The largest absolute Gasteiger partial charge is 0.453 e. The average molecular weight is 262 g/mol. The predicted octanol–water partition coefficient (Wildman–Crippen LogP) is 0.651. The molecule has 1 fully saturated rings. The minimum atomic E-state index is -4.53. The maximum Gasteiger partial charge on any atom is 0.453 e. The molecule has 3 N–H and O–H groups in total. The molecular formula is C9H13F3N6. The number of nitrogens with one attached hydrogen (secondary N) is 3. The van der Waals surface area contributed by atoms with Crippen molar-refractivity contribution in [1.82, 2.24) is 25.8 Å². The van der Waals surface area contributed by atoms with Crippen LogP contribution in [0.25, 0.3) is 0 Å². The molecule has 2 rings (SSSR count). The Hall–Kier alpha value is -1.80. The molecule has 1 aliphatic carbocycles. The highest BCUT2D eigenvalue weighted by molar-refractivity contribution is 5.80. The molecule has 0 bridgehead atoms. The Labute approximate surface area is 101 Å². The zero-order chi connectivity index (χ0) is 13.2. The SMILES string of the molecule is CN=C(NCc1nc(C(F)(F)F)n[nH]1)NC1CC1. The second-order valence-electron chi connectivity index (χ2n) is 3.95. The molecule has 0 saturated heterocycles. The molecule has 0 unspecified atom stereocenters. The summed E-state index contributed by atoms with van der Waals surface area (Å²) in [5, 5.41) is 11.3. The van der Waals surface area contributed by atoms with Crippen LogP contribution < -0.4 is 10.6 Å². The summed E-state index contributed by atoms with van der Waals surface area (Å²) >= 11 is 0. The van der Waals surface area contributed by atoms with Crippen molar-refractivity contribution in [3.8, 4) is 0 Å². The molecule has 0 aliphatic heterocycles. The van der Waals surface area contributed by atoms with Gasteiger partial charge < -0.3 is 10.6 Å². The minimum absolute atomic E-state index is 0.107. The third-order valence-corrected chi connectivity index (χ3v) is 2.35. The van der Waals surface area contributed by atoms with Crippen molar-refractivity contribution in [3.05, 3.63) is 11.6 Å². The van der Waals surface area contributed by atoms with Crippen LogP contribution in [-0.2, 0) is 12.7 Å². The third kappa shape index (κ3) is 3.34. The van der Waals surface area contributed by atoms with Crippen LogP contribution in [0.15, 0.2) is 4.99 Å². The van der Waals surface area contributed by atoms with Gasteiger partial charge >= 0.3 is 6.18 Å². The van der Waals surface area contributed by atoms with Crippen molar-refractivity contribution >= 4 is 5.96 Å². The molecule has 100 valence electrons. The Morgan fingerprint density at radius 3 is 2.72 bits per heavy atom. The number of halogens is 3. The molecule has 1 saturated carbocycles. The van der Waals surface area contributed by atoms with E-state index in [9.17, 15) is 13.2 Å². The van der Waals surface area contributed by atoms with Gasteiger partial charge in [0.15, 0.2) is 5.96 Å². The van der Waals surface area contributed by atoms with Crippen molar-refractivity contribution in [2.75, 3.05) is 7.05 Å². The Kier molecular flexibility index (Phi) is 3.39. The molecule has 0 radical (unpaired) electrons. The van der Waals surface area contributed by atoms with E-state index in [2.05, 4.69) is 30.8 Å². The van der Waals surface area contributed by atoms with Gasteiger partial charge in [0, 0.05) is 13.1 Å². The highest BCUT2D eigenvalue weighted by Crippen LogP contribution is 2.25. The monoisotopic (exact) mass is 262 g/mol. The predicted molar refractivity (Wildman–Crippen MR) is 57.7 cm³/mol. The van der Waals surface area contributed by atoms with Gasteiger partial charge in [-0.1, -0.05) is 0 Å². The molecule has 1 heterocycles. The highest BCUT2D eigenvalue weighted by Gasteiger charge is 2.36. The van der Waals surface area contributed by atoms with Crippen molar-refractivity contribution in [1.29, 1.82) is 0 Å². The second-order valence-corrected chi connectivity index (χ2v) is 3.95. The van der Waals surface area contributed by atoms with E-state index in [0.717, 1.165) is 12.8 Å². The Morgan fingerprint density at radius 2 is 2.22 bits per heavy atom. The average Bonchev–Trinajstić information content (AvgIpc) is 2.97. The summed E-state index contributed by atoms with van der Waals surface area (Å²) in [5.74, 6) is -0.507. The van der Waals surface area contributed by atoms with Crippen LogP contribution in [0, 0.1) is 0 Å². The van der Waals surface area contributed by atoms with Gasteiger partial charge in [-0.2, -0.15) is 13.2 Å². The number of hydrogen-bond donors (Lipinski definition) is 3. The van der Waals surface area contributed by atoms with Gasteiger partial charge in [0.25, 0.3) is 5.82 Å². The van der Waals surface area contributed by atoms with E-state index in [1.807, 2.05) is 0 Å². The molecule has 1 aromatic heterocycles. The summed E-state index contributed by atoms with van der Waals surface area (Å²) in [5.41, 5.74) is 0. The molecule has 6 nitrogen and oxygen atoms in total. The summed E-state index contributed by atoms with van der Waals surface area (Å²) in [6.45, 7) is 0.107. The van der Waals surface area contributed by atoms with Crippen LogP contribution in [0.5, 0.6) is 0 Å². The van der Waals surface area contributed by atoms with Crippen molar-refractivity contribution in [2.45, 2.75) is 31.6 Å². The highest BCUT2D eigenvalue weighted by atomic mass is 19.4. The van der Waals surface area contributed by atoms with Gasteiger partial charge in [-0.25, -0.2) is 4.98 Å². The number of rotatable bonds is 3. The maximum atomic E-state index is 12.2. The lowest BCUT2D eigenvalue weighted by Crippen LogP contribution is -2.38. The van der Waals surface area contributed by atoms with Gasteiger partial charge in [0.2, 0.25) is 0 Å². The number of nitrogens with zero attached hydrogens (tertiary/aromatic N) is 3. The van der Waals surface area contributed by atoms with E-state index < -0.39 is 12.0 Å². The van der Waals surface area contributed by atoms with Gasteiger partial charge in [-0.3, -0.25) is 10.1 Å². The molecule has 0 atom stereocenters.